The summed E-state index contributed by atoms with van der Waals surface area (Å²) in [6.07, 6.45) is 1.01. The molecule has 0 unspecified atom stereocenters. The first-order valence-corrected chi connectivity index (χ1v) is 9.72. The maximum atomic E-state index is 14.4. The Hall–Kier alpha value is -3.17. The minimum atomic E-state index is -3.15. The molecule has 2 amide bonds. The van der Waals surface area contributed by atoms with Gasteiger partial charge in [0.1, 0.15) is 5.82 Å². The number of alkyl halides is 2. The van der Waals surface area contributed by atoms with Gasteiger partial charge < -0.3 is 16.0 Å². The highest BCUT2D eigenvalue weighted by atomic mass is 19.3. The third kappa shape index (κ3) is 4.62. The SMILES string of the molecule is CCc1cc(NC(=O)C(=O)N2C[C@H](C)C(F)(F)C[C@H]2c2ccc(F)c(F)c2)cnc1N. The molecule has 1 aromatic heterocycles. The van der Waals surface area contributed by atoms with Crippen LogP contribution in [0.4, 0.5) is 29.1 Å². The Bertz CT molecular complexity index is 1010. The lowest BCUT2D eigenvalue weighted by Crippen LogP contribution is -2.52. The van der Waals surface area contributed by atoms with Crippen molar-refractivity contribution >= 4 is 23.3 Å². The summed E-state index contributed by atoms with van der Waals surface area (Å²) in [5.41, 5.74) is 6.60. The van der Waals surface area contributed by atoms with Crippen molar-refractivity contribution < 1.29 is 27.2 Å². The number of hydrogen-bond acceptors (Lipinski definition) is 4. The van der Waals surface area contributed by atoms with Gasteiger partial charge in [-0.3, -0.25) is 9.59 Å². The van der Waals surface area contributed by atoms with E-state index in [1.54, 1.807) is 6.07 Å². The van der Waals surface area contributed by atoms with Gasteiger partial charge in [-0.25, -0.2) is 22.5 Å². The highest BCUT2D eigenvalue weighted by Crippen LogP contribution is 2.43. The Balaban J connectivity index is 1.88. The number of rotatable bonds is 3. The summed E-state index contributed by atoms with van der Waals surface area (Å²) in [6, 6.07) is 2.96. The Morgan fingerprint density at radius 1 is 1.26 bits per heavy atom. The van der Waals surface area contributed by atoms with E-state index in [-0.39, 0.29) is 17.1 Å². The Kier molecular flexibility index (Phi) is 6.19. The van der Waals surface area contributed by atoms with E-state index in [1.165, 1.54) is 13.1 Å². The number of halogens is 4. The van der Waals surface area contributed by atoms with Crippen LogP contribution in [-0.2, 0) is 16.0 Å². The number of nitrogen functional groups attached to an aromatic ring is 1. The molecule has 1 aliphatic heterocycles. The van der Waals surface area contributed by atoms with Gasteiger partial charge in [0.15, 0.2) is 11.6 Å². The average Bonchev–Trinajstić information content (AvgIpc) is 2.72. The van der Waals surface area contributed by atoms with Crippen molar-refractivity contribution in [2.24, 2.45) is 5.92 Å². The van der Waals surface area contributed by atoms with Gasteiger partial charge >= 0.3 is 11.8 Å². The maximum absolute atomic E-state index is 14.4. The summed E-state index contributed by atoms with van der Waals surface area (Å²) < 4.78 is 55.8. The van der Waals surface area contributed by atoms with Crippen LogP contribution in [0.2, 0.25) is 0 Å². The molecule has 166 valence electrons. The lowest BCUT2D eigenvalue weighted by atomic mass is 9.86. The largest absolute Gasteiger partial charge is 0.383 e. The van der Waals surface area contributed by atoms with Crippen LogP contribution in [0.1, 0.15) is 37.4 Å². The summed E-state index contributed by atoms with van der Waals surface area (Å²) in [5, 5.41) is 2.40. The number of aromatic nitrogens is 1. The second-order valence-electron chi connectivity index (χ2n) is 7.59. The van der Waals surface area contributed by atoms with Crippen molar-refractivity contribution in [3.05, 3.63) is 53.2 Å². The highest BCUT2D eigenvalue weighted by Gasteiger charge is 2.48. The number of hydrogen-bond donors (Lipinski definition) is 2. The van der Waals surface area contributed by atoms with Gasteiger partial charge in [-0.2, -0.15) is 0 Å². The molecular weight excluding hydrogens is 416 g/mol. The number of anilines is 2. The fourth-order valence-corrected chi connectivity index (χ4v) is 3.55. The smallest absolute Gasteiger partial charge is 0.313 e. The third-order valence-corrected chi connectivity index (χ3v) is 5.46. The van der Waals surface area contributed by atoms with Crippen molar-refractivity contribution in [1.82, 2.24) is 9.88 Å². The summed E-state index contributed by atoms with van der Waals surface area (Å²) in [6.45, 7) is 2.67. The first kappa shape index (κ1) is 22.5. The first-order chi connectivity index (χ1) is 14.5. The van der Waals surface area contributed by atoms with Crippen LogP contribution in [0.25, 0.3) is 0 Å². The number of nitrogens with one attached hydrogen (secondary N) is 1. The predicted octanol–water partition coefficient (Wildman–Crippen LogP) is 3.69. The van der Waals surface area contributed by atoms with E-state index in [0.717, 1.165) is 23.1 Å². The zero-order valence-corrected chi connectivity index (χ0v) is 17.0. The molecule has 31 heavy (non-hydrogen) atoms. The maximum Gasteiger partial charge on any atom is 0.313 e. The van der Waals surface area contributed by atoms with Gasteiger partial charge in [0.05, 0.1) is 17.9 Å². The van der Waals surface area contributed by atoms with E-state index in [2.05, 4.69) is 10.3 Å². The van der Waals surface area contributed by atoms with E-state index < -0.39 is 54.3 Å². The molecule has 1 fully saturated rings. The average molecular weight is 438 g/mol. The van der Waals surface area contributed by atoms with Crippen LogP contribution >= 0.6 is 0 Å². The molecule has 0 saturated carbocycles. The quantitative estimate of drug-likeness (QED) is 0.565. The van der Waals surface area contributed by atoms with Crippen LogP contribution < -0.4 is 11.1 Å². The summed E-state index contributed by atoms with van der Waals surface area (Å²) in [7, 11) is 0. The summed E-state index contributed by atoms with van der Waals surface area (Å²) in [4.78, 5) is 30.4. The Morgan fingerprint density at radius 2 is 1.97 bits per heavy atom. The van der Waals surface area contributed by atoms with Crippen LogP contribution in [0, 0.1) is 17.6 Å². The molecular formula is C21H22F4N4O2. The molecule has 0 bridgehead atoms. The number of carbonyl (C=O) groups excluding carboxylic acids is 2. The molecule has 0 radical (unpaired) electrons. The van der Waals surface area contributed by atoms with Crippen LogP contribution in [0.3, 0.4) is 0 Å². The van der Waals surface area contributed by atoms with Crippen LogP contribution in [-0.4, -0.2) is 34.2 Å². The summed E-state index contributed by atoms with van der Waals surface area (Å²) in [5.74, 6) is -8.58. The fraction of sp³-hybridized carbons (Fsp3) is 0.381. The van der Waals surface area contributed by atoms with Crippen LogP contribution in [0.15, 0.2) is 30.5 Å². The second kappa shape index (κ2) is 8.52. The molecule has 1 aliphatic rings. The van der Waals surface area contributed by atoms with E-state index in [4.69, 9.17) is 5.73 Å². The normalized spacial score (nSPS) is 20.4. The minimum Gasteiger partial charge on any atom is -0.383 e. The molecule has 2 heterocycles. The number of aryl methyl sites for hydroxylation is 1. The topological polar surface area (TPSA) is 88.3 Å². The standard InChI is InChI=1S/C21H22F4N4O2/c1-3-12-6-14(9-27-18(12)26)28-19(30)20(31)29-10-11(2)21(24,25)8-17(29)13-4-5-15(22)16(23)7-13/h4-7,9,11,17H,3,8,10H2,1-2H3,(H2,26,27)(H,28,30)/t11-,17-/m0/s1. The fourth-order valence-electron chi connectivity index (χ4n) is 3.55. The minimum absolute atomic E-state index is 0.0194. The molecule has 1 saturated heterocycles. The van der Waals surface area contributed by atoms with E-state index in [0.29, 0.717) is 12.0 Å². The van der Waals surface area contributed by atoms with Gasteiger partial charge in [0, 0.05) is 18.9 Å². The monoisotopic (exact) mass is 438 g/mol. The van der Waals surface area contributed by atoms with Crippen molar-refractivity contribution in [2.45, 2.75) is 38.7 Å². The van der Waals surface area contributed by atoms with Crippen molar-refractivity contribution in [3.8, 4) is 0 Å². The van der Waals surface area contributed by atoms with Crippen molar-refractivity contribution in [2.75, 3.05) is 17.6 Å². The lowest BCUT2D eigenvalue weighted by Gasteiger charge is -2.42. The molecule has 3 N–H and O–H groups in total. The molecule has 10 heteroatoms. The summed E-state index contributed by atoms with van der Waals surface area (Å²) >= 11 is 0. The van der Waals surface area contributed by atoms with Crippen LogP contribution in [0.5, 0.6) is 0 Å². The number of carbonyl (C=O) groups is 2. The molecule has 0 spiro atoms. The number of benzene rings is 1. The zero-order chi connectivity index (χ0) is 22.9. The van der Waals surface area contributed by atoms with Gasteiger partial charge in [-0.15, -0.1) is 0 Å². The first-order valence-electron chi connectivity index (χ1n) is 9.72. The third-order valence-electron chi connectivity index (χ3n) is 5.46. The zero-order valence-electron chi connectivity index (χ0n) is 17.0. The Morgan fingerprint density at radius 3 is 2.61 bits per heavy atom. The van der Waals surface area contributed by atoms with E-state index in [1.807, 2.05) is 6.92 Å². The van der Waals surface area contributed by atoms with Crippen molar-refractivity contribution in [1.29, 1.82) is 0 Å². The Labute approximate surface area is 176 Å². The number of pyridine rings is 1. The van der Waals surface area contributed by atoms with Crippen molar-refractivity contribution in [3.63, 3.8) is 0 Å². The van der Waals surface area contributed by atoms with E-state index >= 15 is 0 Å². The highest BCUT2D eigenvalue weighted by molar-refractivity contribution is 6.39. The van der Waals surface area contributed by atoms with Gasteiger partial charge in [0.2, 0.25) is 0 Å². The molecule has 1 aromatic carbocycles. The molecule has 3 rings (SSSR count). The van der Waals surface area contributed by atoms with Gasteiger partial charge in [0.25, 0.3) is 5.92 Å². The number of nitrogens with zero attached hydrogens (tertiary/aromatic N) is 2. The number of piperidine rings is 1. The lowest BCUT2D eigenvalue weighted by molar-refractivity contribution is -0.159. The number of likely N-dealkylation sites (tertiary alicyclic amines) is 1. The predicted molar refractivity (Wildman–Crippen MR) is 106 cm³/mol. The molecule has 6 nitrogen and oxygen atoms in total. The van der Waals surface area contributed by atoms with Gasteiger partial charge in [-0.05, 0) is 35.7 Å². The van der Waals surface area contributed by atoms with E-state index in [9.17, 15) is 27.2 Å². The molecule has 2 atom stereocenters. The number of amides is 2. The van der Waals surface area contributed by atoms with Gasteiger partial charge in [-0.1, -0.05) is 19.9 Å². The molecule has 2 aromatic rings. The molecule has 0 aliphatic carbocycles. The second-order valence-corrected chi connectivity index (χ2v) is 7.59. The number of nitrogens with two attached hydrogens (primary N) is 1.